The number of carbonyl (C=O) groups excluding carboxylic acids is 2. The number of carbonyl (C=O) groups is 2. The first-order valence-electron chi connectivity index (χ1n) is 22.0. The zero-order valence-electron chi connectivity index (χ0n) is 33.6. The van der Waals surface area contributed by atoms with Crippen molar-refractivity contribution in [2.45, 2.75) is 176 Å². The highest BCUT2D eigenvalue weighted by Crippen LogP contribution is 2.68. The van der Waals surface area contributed by atoms with Gasteiger partial charge in [0, 0.05) is 0 Å². The quantitative estimate of drug-likeness (QED) is 0.214. The molecule has 10 unspecified atom stereocenters. The molecule has 0 saturated heterocycles. The predicted molar refractivity (Wildman–Crippen MR) is 200 cm³/mol. The second kappa shape index (κ2) is 12.5. The van der Waals surface area contributed by atoms with Crippen LogP contribution in [0.5, 0.6) is 0 Å². The molecule has 4 nitrogen and oxygen atoms in total. The van der Waals surface area contributed by atoms with Crippen LogP contribution in [0.1, 0.15) is 165 Å². The van der Waals surface area contributed by atoms with Crippen LogP contribution in [0.15, 0.2) is 0 Å². The average molecular weight is 691 g/mol. The smallest absolute Gasteiger partial charge is 0.309 e. The molecule has 0 aromatic rings. The highest BCUT2D eigenvalue weighted by molar-refractivity contribution is 5.75. The second-order valence-electron chi connectivity index (χ2n) is 22.1. The summed E-state index contributed by atoms with van der Waals surface area (Å²) in [6, 6.07) is 0. The molecule has 0 aromatic carbocycles. The fourth-order valence-corrected chi connectivity index (χ4v) is 15.8. The van der Waals surface area contributed by atoms with Crippen LogP contribution in [-0.2, 0) is 19.1 Å². The van der Waals surface area contributed by atoms with Gasteiger partial charge in [0.1, 0.15) is 11.2 Å². The van der Waals surface area contributed by atoms with E-state index in [9.17, 15) is 9.59 Å². The third-order valence-electron chi connectivity index (χ3n) is 19.3. The zero-order valence-corrected chi connectivity index (χ0v) is 33.6. The molecular weight excluding hydrogens is 617 g/mol. The number of hydrogen-bond donors (Lipinski definition) is 0. The lowest BCUT2D eigenvalue weighted by atomic mass is 9.50. The van der Waals surface area contributed by atoms with Crippen molar-refractivity contribution >= 4 is 11.9 Å². The van der Waals surface area contributed by atoms with Crippen LogP contribution >= 0.6 is 0 Å². The van der Waals surface area contributed by atoms with Crippen LogP contribution in [0, 0.1) is 99.6 Å². The van der Waals surface area contributed by atoms with E-state index in [1.165, 1.54) is 64.2 Å². The average Bonchev–Trinajstić information content (AvgIpc) is 3.86. The van der Waals surface area contributed by atoms with Gasteiger partial charge in [0.05, 0.1) is 11.8 Å². The molecule has 0 amide bonds. The van der Waals surface area contributed by atoms with E-state index in [4.69, 9.17) is 9.47 Å². The Kier molecular flexibility index (Phi) is 8.98. The van der Waals surface area contributed by atoms with Gasteiger partial charge in [0.15, 0.2) is 0 Å². The molecule has 0 heterocycles. The van der Waals surface area contributed by atoms with Gasteiger partial charge in [-0.25, -0.2) is 0 Å². The van der Waals surface area contributed by atoms with Gasteiger partial charge in [-0.1, -0.05) is 61.3 Å². The topological polar surface area (TPSA) is 52.6 Å². The lowest BCUT2D eigenvalue weighted by molar-refractivity contribution is -0.210. The van der Waals surface area contributed by atoms with Gasteiger partial charge in [0.2, 0.25) is 0 Å². The molecule has 282 valence electrons. The van der Waals surface area contributed by atoms with E-state index in [-0.39, 0.29) is 45.8 Å². The first-order chi connectivity index (χ1) is 23.6. The van der Waals surface area contributed by atoms with E-state index in [2.05, 4.69) is 62.3 Å². The van der Waals surface area contributed by atoms with E-state index in [1.807, 2.05) is 0 Å². The molecule has 9 aliphatic carbocycles. The van der Waals surface area contributed by atoms with Crippen LogP contribution in [0.3, 0.4) is 0 Å². The normalized spacial score (nSPS) is 51.6. The van der Waals surface area contributed by atoms with Crippen molar-refractivity contribution in [3.8, 4) is 0 Å². The van der Waals surface area contributed by atoms with E-state index in [0.717, 1.165) is 62.2 Å². The zero-order chi connectivity index (χ0) is 35.5. The van der Waals surface area contributed by atoms with Gasteiger partial charge in [-0.3, -0.25) is 9.59 Å². The largest absolute Gasteiger partial charge is 0.459 e. The van der Waals surface area contributed by atoms with Crippen LogP contribution in [0.25, 0.3) is 0 Å². The van der Waals surface area contributed by atoms with Crippen LogP contribution in [-0.4, -0.2) is 23.1 Å². The van der Waals surface area contributed by atoms with Gasteiger partial charge in [0.25, 0.3) is 0 Å². The lowest BCUT2D eigenvalue weighted by Crippen LogP contribution is -2.58. The predicted octanol–water partition coefficient (Wildman–Crippen LogP) is 11.3. The third-order valence-corrected chi connectivity index (χ3v) is 19.3. The molecule has 8 bridgehead atoms. The minimum absolute atomic E-state index is 0.0828. The van der Waals surface area contributed by atoms with Crippen molar-refractivity contribution in [2.24, 2.45) is 99.6 Å². The highest BCUT2D eigenvalue weighted by Gasteiger charge is 2.64. The molecule has 0 N–H and O–H groups in total. The summed E-state index contributed by atoms with van der Waals surface area (Å²) in [6.07, 6.45) is 19.1. The third kappa shape index (κ3) is 5.69. The molecular formula is C46H74O4. The second-order valence-corrected chi connectivity index (χ2v) is 22.1. The van der Waals surface area contributed by atoms with Gasteiger partial charge >= 0.3 is 11.9 Å². The Morgan fingerprint density at radius 1 is 0.660 bits per heavy atom. The van der Waals surface area contributed by atoms with Gasteiger partial charge in [-0.15, -0.1) is 0 Å². The molecule has 9 aliphatic rings. The number of hydrogen-bond acceptors (Lipinski definition) is 4. The Labute approximate surface area is 306 Å². The molecule has 9 rings (SSSR count). The number of ether oxygens (including phenoxy) is 2. The number of fused-ring (bicyclic) bond motifs is 4. The summed E-state index contributed by atoms with van der Waals surface area (Å²) < 4.78 is 13.4. The Balaban J connectivity index is 0.946. The molecule has 4 heteroatoms. The summed E-state index contributed by atoms with van der Waals surface area (Å²) in [6.45, 7) is 21.8. The summed E-state index contributed by atoms with van der Waals surface area (Å²) in [5.74, 6) is 9.11. The molecule has 50 heavy (non-hydrogen) atoms. The first-order valence-corrected chi connectivity index (χ1v) is 22.0. The highest BCUT2D eigenvalue weighted by atomic mass is 16.6. The van der Waals surface area contributed by atoms with Crippen molar-refractivity contribution in [2.75, 3.05) is 0 Å². The van der Waals surface area contributed by atoms with E-state index in [1.54, 1.807) is 0 Å². The van der Waals surface area contributed by atoms with E-state index in [0.29, 0.717) is 53.3 Å². The molecule has 0 spiro atoms. The summed E-state index contributed by atoms with van der Waals surface area (Å²) in [5.41, 5.74) is -0.0662. The summed E-state index contributed by atoms with van der Waals surface area (Å²) in [4.78, 5) is 28.0. The number of rotatable bonds is 10. The van der Waals surface area contributed by atoms with Crippen molar-refractivity contribution in [3.63, 3.8) is 0 Å². The summed E-state index contributed by atoms with van der Waals surface area (Å²) in [5, 5.41) is 0. The maximum absolute atomic E-state index is 14.5. The Hall–Kier alpha value is -1.06. The number of esters is 2. The maximum atomic E-state index is 14.5. The van der Waals surface area contributed by atoms with Gasteiger partial charge < -0.3 is 9.47 Å². The van der Waals surface area contributed by atoms with Gasteiger partial charge in [-0.05, 0) is 192 Å². The lowest BCUT2D eigenvalue weighted by Gasteiger charge is -2.59. The van der Waals surface area contributed by atoms with Crippen molar-refractivity contribution in [1.29, 1.82) is 0 Å². The Morgan fingerprint density at radius 2 is 1.22 bits per heavy atom. The van der Waals surface area contributed by atoms with Crippen LogP contribution < -0.4 is 0 Å². The van der Waals surface area contributed by atoms with Crippen LogP contribution in [0.2, 0.25) is 0 Å². The standard InChI is InChI=1S/C46H74O4/c1-10-43(5,6)39-32-23-36(38(24-32)42(48)50-46(9)33-17-29-16-30(19-33)20-34(46)18-29)40(39)44(7,11-2)25-28-12-14-45(8,15-13-28)49-41(47)37-22-31-21-35(37)27(4)26(31)3/h26-40H,10-25H2,1-9H3/t26?,27-,28?,29?,30?,31?,32?,33?,34?,35?,36?,37?,38?,39?,40?,44?,45?,46?/m0/s1. The SMILES string of the molecule is CCC(C)(C)C1C2CC(C(=O)OC3(C)C4CC5CC(C4)CC3C5)C(C2)C1C(C)(CC)CC1CCC(C)(OC(=O)C2CC3CC2[C@@H](C)C3C)CC1. The minimum atomic E-state index is -0.311. The summed E-state index contributed by atoms with van der Waals surface area (Å²) in [7, 11) is 0. The molecule has 9 saturated carbocycles. The monoisotopic (exact) mass is 691 g/mol. The maximum Gasteiger partial charge on any atom is 0.309 e. The van der Waals surface area contributed by atoms with Crippen LogP contribution in [0.4, 0.5) is 0 Å². The van der Waals surface area contributed by atoms with E-state index >= 15 is 0 Å². The fourth-order valence-electron chi connectivity index (χ4n) is 15.8. The fraction of sp³-hybridized carbons (Fsp3) is 0.957. The Bertz CT molecular complexity index is 1280. The minimum Gasteiger partial charge on any atom is -0.459 e. The first kappa shape index (κ1) is 35.9. The summed E-state index contributed by atoms with van der Waals surface area (Å²) >= 11 is 0. The molecule has 11 atom stereocenters. The molecule has 9 fully saturated rings. The van der Waals surface area contributed by atoms with Crippen molar-refractivity contribution < 1.29 is 19.1 Å². The molecule has 0 radical (unpaired) electrons. The van der Waals surface area contributed by atoms with E-state index < -0.39 is 0 Å². The molecule has 0 aliphatic heterocycles. The van der Waals surface area contributed by atoms with Crippen molar-refractivity contribution in [3.05, 3.63) is 0 Å². The Morgan fingerprint density at radius 3 is 1.78 bits per heavy atom. The molecule has 0 aromatic heterocycles. The van der Waals surface area contributed by atoms with Crippen molar-refractivity contribution in [1.82, 2.24) is 0 Å². The van der Waals surface area contributed by atoms with Gasteiger partial charge in [-0.2, -0.15) is 0 Å².